The molecule has 2 amide bonds. The average Bonchev–Trinajstić information content (AvgIpc) is 2.57. The lowest BCUT2D eigenvalue weighted by molar-refractivity contribution is 0.179. The molecule has 1 heterocycles. The molecule has 5 heteroatoms. The van der Waals surface area contributed by atoms with Crippen molar-refractivity contribution >= 4 is 23.3 Å². The van der Waals surface area contributed by atoms with E-state index in [0.717, 1.165) is 43.3 Å². The molecule has 2 fully saturated rings. The van der Waals surface area contributed by atoms with Gasteiger partial charge in [0.15, 0.2) is 0 Å². The van der Waals surface area contributed by atoms with Crippen molar-refractivity contribution in [3.05, 3.63) is 29.3 Å². The predicted octanol–water partition coefficient (Wildman–Crippen LogP) is 3.75. The molecule has 3 rings (SSSR count). The largest absolute Gasteiger partial charge is 0.368 e. The number of carbonyl (C=O) groups excluding carboxylic acids is 1. The van der Waals surface area contributed by atoms with Crippen molar-refractivity contribution in [1.82, 2.24) is 10.2 Å². The van der Waals surface area contributed by atoms with Gasteiger partial charge in [-0.2, -0.15) is 0 Å². The number of hydrogen-bond donors (Lipinski definition) is 1. The number of rotatable bonds is 2. The summed E-state index contributed by atoms with van der Waals surface area (Å²) >= 11 is 6.06. The fourth-order valence-electron chi connectivity index (χ4n) is 3.62. The zero-order valence-corrected chi connectivity index (χ0v) is 14.6. The molecule has 1 aromatic rings. The van der Waals surface area contributed by atoms with Crippen LogP contribution in [-0.4, -0.2) is 43.2 Å². The zero-order chi connectivity index (χ0) is 16.2. The quantitative estimate of drug-likeness (QED) is 0.893. The Labute approximate surface area is 143 Å². The van der Waals surface area contributed by atoms with Crippen molar-refractivity contribution in [3.63, 3.8) is 0 Å². The Morgan fingerprint density at radius 1 is 1.17 bits per heavy atom. The Kier molecular flexibility index (Phi) is 5.31. The minimum absolute atomic E-state index is 0.106. The van der Waals surface area contributed by atoms with Gasteiger partial charge in [-0.15, -0.1) is 0 Å². The van der Waals surface area contributed by atoms with E-state index < -0.39 is 0 Å². The summed E-state index contributed by atoms with van der Waals surface area (Å²) in [6.45, 7) is 5.49. The summed E-state index contributed by atoms with van der Waals surface area (Å²) in [6.07, 6.45) is 4.88. The Hall–Kier alpha value is -1.42. The van der Waals surface area contributed by atoms with Crippen molar-refractivity contribution in [2.75, 3.05) is 31.1 Å². The number of carbonyl (C=O) groups is 1. The molecule has 1 saturated carbocycles. The van der Waals surface area contributed by atoms with Crippen molar-refractivity contribution in [2.45, 2.75) is 38.6 Å². The molecule has 0 radical (unpaired) electrons. The maximum atomic E-state index is 12.5. The van der Waals surface area contributed by atoms with E-state index >= 15 is 0 Å². The summed E-state index contributed by atoms with van der Waals surface area (Å²) in [4.78, 5) is 16.7. The van der Waals surface area contributed by atoms with Gasteiger partial charge in [0, 0.05) is 42.9 Å². The van der Waals surface area contributed by atoms with E-state index in [2.05, 4.69) is 23.2 Å². The number of piperazine rings is 1. The summed E-state index contributed by atoms with van der Waals surface area (Å²) in [5.41, 5.74) is 1.14. The van der Waals surface area contributed by atoms with Gasteiger partial charge < -0.3 is 15.1 Å². The van der Waals surface area contributed by atoms with Crippen LogP contribution in [0.2, 0.25) is 5.02 Å². The van der Waals surface area contributed by atoms with Gasteiger partial charge >= 0.3 is 6.03 Å². The zero-order valence-electron chi connectivity index (χ0n) is 13.8. The van der Waals surface area contributed by atoms with Gasteiger partial charge in [0.05, 0.1) is 0 Å². The van der Waals surface area contributed by atoms with Crippen LogP contribution >= 0.6 is 11.6 Å². The highest BCUT2D eigenvalue weighted by atomic mass is 35.5. The molecule has 2 unspecified atom stereocenters. The molecule has 4 nitrogen and oxygen atoms in total. The van der Waals surface area contributed by atoms with Crippen LogP contribution in [0.4, 0.5) is 10.5 Å². The molecule has 23 heavy (non-hydrogen) atoms. The molecule has 1 aliphatic heterocycles. The molecular weight excluding hydrogens is 310 g/mol. The lowest BCUT2D eigenvalue weighted by Gasteiger charge is -2.38. The number of hydrogen-bond acceptors (Lipinski definition) is 2. The number of nitrogens with zero attached hydrogens (tertiary/aromatic N) is 2. The third-order valence-electron chi connectivity index (χ3n) is 5.16. The molecule has 2 aliphatic rings. The number of amides is 2. The predicted molar refractivity (Wildman–Crippen MR) is 95.2 cm³/mol. The van der Waals surface area contributed by atoms with Crippen molar-refractivity contribution < 1.29 is 4.79 Å². The van der Waals surface area contributed by atoms with Crippen LogP contribution in [0.5, 0.6) is 0 Å². The topological polar surface area (TPSA) is 35.6 Å². The monoisotopic (exact) mass is 335 g/mol. The van der Waals surface area contributed by atoms with E-state index in [1.54, 1.807) is 0 Å². The van der Waals surface area contributed by atoms with Crippen molar-refractivity contribution in [2.24, 2.45) is 5.92 Å². The Morgan fingerprint density at radius 3 is 2.61 bits per heavy atom. The number of urea groups is 1. The van der Waals surface area contributed by atoms with Gasteiger partial charge in [0.2, 0.25) is 0 Å². The van der Waals surface area contributed by atoms with E-state index in [0.29, 0.717) is 12.0 Å². The smallest absolute Gasteiger partial charge is 0.317 e. The van der Waals surface area contributed by atoms with E-state index in [1.165, 1.54) is 19.3 Å². The molecule has 0 spiro atoms. The first-order valence-electron chi connectivity index (χ1n) is 8.69. The molecule has 2 atom stereocenters. The second kappa shape index (κ2) is 7.43. The molecule has 0 bridgehead atoms. The standard InChI is InChI=1S/C18H26ClN3O/c1-14-5-2-3-8-17(14)20-18(23)22-11-9-21(10-12-22)16-7-4-6-15(19)13-16/h4,6-7,13-14,17H,2-3,5,8-12H2,1H3,(H,20,23). The Bertz CT molecular complexity index is 543. The van der Waals surface area contributed by atoms with Crippen LogP contribution in [0, 0.1) is 5.92 Å². The number of halogens is 1. The van der Waals surface area contributed by atoms with Crippen LogP contribution in [0.1, 0.15) is 32.6 Å². The number of benzene rings is 1. The van der Waals surface area contributed by atoms with Gasteiger partial charge in [-0.05, 0) is 37.0 Å². The Balaban J connectivity index is 1.51. The molecule has 1 aliphatic carbocycles. The molecule has 126 valence electrons. The molecular formula is C18H26ClN3O. The van der Waals surface area contributed by atoms with Crippen LogP contribution in [0.15, 0.2) is 24.3 Å². The molecule has 1 aromatic carbocycles. The van der Waals surface area contributed by atoms with Crippen LogP contribution in [0.25, 0.3) is 0 Å². The minimum atomic E-state index is 0.106. The van der Waals surface area contributed by atoms with Crippen molar-refractivity contribution in [3.8, 4) is 0 Å². The highest BCUT2D eigenvalue weighted by Crippen LogP contribution is 2.24. The Morgan fingerprint density at radius 2 is 1.91 bits per heavy atom. The third kappa shape index (κ3) is 4.11. The summed E-state index contributed by atoms with van der Waals surface area (Å²) in [5.74, 6) is 0.598. The van der Waals surface area contributed by atoms with E-state index in [1.807, 2.05) is 23.1 Å². The highest BCUT2D eigenvalue weighted by molar-refractivity contribution is 6.30. The van der Waals surface area contributed by atoms with E-state index in [-0.39, 0.29) is 6.03 Å². The van der Waals surface area contributed by atoms with E-state index in [4.69, 9.17) is 11.6 Å². The lowest BCUT2D eigenvalue weighted by atomic mass is 9.86. The fraction of sp³-hybridized carbons (Fsp3) is 0.611. The first kappa shape index (κ1) is 16.4. The highest BCUT2D eigenvalue weighted by Gasteiger charge is 2.27. The van der Waals surface area contributed by atoms with Crippen molar-refractivity contribution in [1.29, 1.82) is 0 Å². The first-order valence-corrected chi connectivity index (χ1v) is 9.07. The maximum absolute atomic E-state index is 12.5. The normalized spacial score (nSPS) is 25.3. The first-order chi connectivity index (χ1) is 11.1. The second-order valence-corrected chi connectivity index (χ2v) is 7.21. The molecule has 1 saturated heterocycles. The van der Waals surface area contributed by atoms with Crippen LogP contribution in [0.3, 0.4) is 0 Å². The van der Waals surface area contributed by atoms with Gasteiger partial charge in [-0.25, -0.2) is 4.79 Å². The summed E-state index contributed by atoms with van der Waals surface area (Å²) in [6, 6.07) is 8.38. The lowest BCUT2D eigenvalue weighted by Crippen LogP contribution is -2.54. The van der Waals surface area contributed by atoms with Gasteiger partial charge in [0.25, 0.3) is 0 Å². The van der Waals surface area contributed by atoms with Crippen LogP contribution < -0.4 is 10.2 Å². The minimum Gasteiger partial charge on any atom is -0.368 e. The van der Waals surface area contributed by atoms with Gasteiger partial charge in [-0.1, -0.05) is 37.4 Å². The van der Waals surface area contributed by atoms with Gasteiger partial charge in [-0.3, -0.25) is 0 Å². The van der Waals surface area contributed by atoms with Gasteiger partial charge in [0.1, 0.15) is 0 Å². The summed E-state index contributed by atoms with van der Waals surface area (Å²) < 4.78 is 0. The molecule has 0 aromatic heterocycles. The maximum Gasteiger partial charge on any atom is 0.317 e. The second-order valence-electron chi connectivity index (χ2n) is 6.77. The summed E-state index contributed by atoms with van der Waals surface area (Å²) in [5, 5.41) is 4.01. The summed E-state index contributed by atoms with van der Waals surface area (Å²) in [7, 11) is 0. The molecule has 1 N–H and O–H groups in total. The van der Waals surface area contributed by atoms with Crippen LogP contribution in [-0.2, 0) is 0 Å². The SMILES string of the molecule is CC1CCCCC1NC(=O)N1CCN(c2cccc(Cl)c2)CC1. The third-order valence-corrected chi connectivity index (χ3v) is 5.40. The number of anilines is 1. The average molecular weight is 336 g/mol. The fourth-order valence-corrected chi connectivity index (χ4v) is 3.81. The number of nitrogens with one attached hydrogen (secondary N) is 1. The van der Waals surface area contributed by atoms with E-state index in [9.17, 15) is 4.79 Å².